The number of rotatable bonds is 0. The number of aryl methyl sites for hydroxylation is 1. The Balaban J connectivity index is 2.10. The molecule has 11 heteroatoms. The van der Waals surface area contributed by atoms with Gasteiger partial charge in [-0.15, -0.1) is 0 Å². The van der Waals surface area contributed by atoms with Gasteiger partial charge in [0.1, 0.15) is 11.4 Å². The van der Waals surface area contributed by atoms with Crippen molar-refractivity contribution in [1.29, 1.82) is 0 Å². The van der Waals surface area contributed by atoms with Crippen LogP contribution in [0.5, 0.6) is 5.75 Å². The molecule has 3 aliphatic rings. The minimum atomic E-state index is -1.29. The van der Waals surface area contributed by atoms with E-state index in [2.05, 4.69) is 5.32 Å². The summed E-state index contributed by atoms with van der Waals surface area (Å²) >= 11 is 0. The summed E-state index contributed by atoms with van der Waals surface area (Å²) in [5.74, 6) is -7.21. The van der Waals surface area contributed by atoms with Gasteiger partial charge in [0.15, 0.2) is 17.3 Å². The van der Waals surface area contributed by atoms with Crippen LogP contribution < -0.4 is 5.32 Å². The highest BCUT2D eigenvalue weighted by Gasteiger charge is 2.39. The molecule has 1 amide bonds. The Labute approximate surface area is 297 Å². The number of aliphatic hydroxyl groups is 4. The Morgan fingerprint density at radius 2 is 1.37 bits per heavy atom. The molecule has 2 aliphatic heterocycles. The van der Waals surface area contributed by atoms with E-state index in [1.165, 1.54) is 51.1 Å². The second-order valence-corrected chi connectivity index (χ2v) is 13.3. The smallest absolute Gasteiger partial charge is 0.253 e. The normalized spacial score (nSPS) is 29.5. The second kappa shape index (κ2) is 17.3. The summed E-state index contributed by atoms with van der Waals surface area (Å²) in [5.41, 5.74) is -1.23. The molecule has 6 atom stereocenters. The molecule has 51 heavy (non-hydrogen) atoms. The quantitative estimate of drug-likeness (QED) is 0.161. The van der Waals surface area contributed by atoms with Crippen LogP contribution in [-0.4, -0.2) is 72.9 Å². The van der Waals surface area contributed by atoms with Gasteiger partial charge < -0.3 is 30.8 Å². The van der Waals surface area contributed by atoms with E-state index < -0.39 is 87.7 Å². The lowest BCUT2D eigenvalue weighted by Gasteiger charge is -2.23. The Kier molecular flexibility index (Phi) is 13.7. The maximum absolute atomic E-state index is 13.8. The summed E-state index contributed by atoms with van der Waals surface area (Å²) in [6.45, 7) is 11.0. The fraction of sp³-hybridized carbons (Fsp3) is 0.375. The Morgan fingerprint density at radius 1 is 0.706 bits per heavy atom. The molecular weight excluding hydrogens is 654 g/mol. The first kappa shape index (κ1) is 40.5. The SMILES string of the molecule is CC1=C/C=C\C=C/[C@H](C)[C@@H](O)CC(=O)/C(C)=C\C[C@H](O)/C=C\[C@H](C)[C@H](O)[C@@H](C)C=C(C)C(=O)c2c(O)c(C)cc3c2C(=O)C(=O)C(=C3O)NC1=O. The van der Waals surface area contributed by atoms with Crippen molar-refractivity contribution in [1.82, 2.24) is 5.32 Å². The summed E-state index contributed by atoms with van der Waals surface area (Å²) in [6, 6.07) is 1.24. The number of phenolic OH excluding ortho intramolecular Hbond substituents is 1. The van der Waals surface area contributed by atoms with Gasteiger partial charge in [-0.25, -0.2) is 0 Å². The molecule has 0 saturated heterocycles. The number of fused-ring (bicyclic) bond motifs is 18. The van der Waals surface area contributed by atoms with Crippen molar-refractivity contribution < 1.29 is 49.5 Å². The second-order valence-electron chi connectivity index (χ2n) is 13.3. The van der Waals surface area contributed by atoms with Crippen LogP contribution >= 0.6 is 0 Å². The summed E-state index contributed by atoms with van der Waals surface area (Å²) in [4.78, 5) is 66.2. The van der Waals surface area contributed by atoms with Gasteiger partial charge >= 0.3 is 0 Å². The van der Waals surface area contributed by atoms with Crippen LogP contribution in [-0.2, 0) is 14.4 Å². The van der Waals surface area contributed by atoms with E-state index in [9.17, 15) is 49.5 Å². The van der Waals surface area contributed by atoms with Crippen LogP contribution in [0.4, 0.5) is 0 Å². The summed E-state index contributed by atoms with van der Waals surface area (Å²) in [6.07, 6.45) is 11.0. The van der Waals surface area contributed by atoms with Crippen molar-refractivity contribution in [2.45, 2.75) is 79.6 Å². The third-order valence-corrected chi connectivity index (χ3v) is 9.14. The number of phenols is 1. The first-order valence-corrected chi connectivity index (χ1v) is 16.7. The van der Waals surface area contributed by atoms with E-state index in [1.807, 2.05) is 0 Å². The topological polar surface area (TPSA) is 199 Å². The molecule has 4 bridgehead atoms. The monoisotopic (exact) mass is 701 g/mol. The maximum atomic E-state index is 13.8. The van der Waals surface area contributed by atoms with Crippen molar-refractivity contribution in [3.05, 3.63) is 105 Å². The van der Waals surface area contributed by atoms with Crippen molar-refractivity contribution in [2.24, 2.45) is 17.8 Å². The number of allylic oxidation sites excluding steroid dienone is 7. The van der Waals surface area contributed by atoms with E-state index in [4.69, 9.17) is 0 Å². The van der Waals surface area contributed by atoms with Crippen LogP contribution in [0.3, 0.4) is 0 Å². The zero-order valence-electron chi connectivity index (χ0n) is 29.9. The van der Waals surface area contributed by atoms with Crippen LogP contribution in [0.25, 0.3) is 5.76 Å². The standard InChI is InChI=1S/C40H47NO10/c1-20-11-9-8-10-12-23(4)40(51)41-33-37(48)28-18-26(7)36(47)32(31(28)38(49)39(33)50)35(46)25(6)17-24(5)34(45)22(3)14-16-27(42)15-13-21(2)30(44)19-29(20)43/h8-14,16-18,20,22,24,27,29,34,42-43,45,47-48H,15,19H2,1-7H3,(H,41,51)/b10-8-,11-9-,16-14-,21-13-,23-12?,25-17?/t20-,22-,24-,27-,29-,34-/m0/s1. The molecule has 1 aromatic carbocycles. The number of hydrogen-bond acceptors (Lipinski definition) is 10. The van der Waals surface area contributed by atoms with Gasteiger partial charge in [0.2, 0.25) is 5.78 Å². The maximum Gasteiger partial charge on any atom is 0.253 e. The molecule has 272 valence electrons. The first-order valence-electron chi connectivity index (χ1n) is 16.7. The Hall–Kier alpha value is -4.97. The van der Waals surface area contributed by atoms with Gasteiger partial charge in [-0.1, -0.05) is 75.5 Å². The number of amides is 1. The van der Waals surface area contributed by atoms with Gasteiger partial charge in [-0.3, -0.25) is 24.0 Å². The molecule has 0 fully saturated rings. The number of ketones is 4. The van der Waals surface area contributed by atoms with E-state index in [0.29, 0.717) is 5.57 Å². The highest BCUT2D eigenvalue weighted by molar-refractivity contribution is 6.53. The van der Waals surface area contributed by atoms with Gasteiger partial charge in [0.25, 0.3) is 11.7 Å². The predicted octanol–water partition coefficient (Wildman–Crippen LogP) is 4.85. The van der Waals surface area contributed by atoms with Crippen molar-refractivity contribution >= 4 is 34.8 Å². The molecule has 1 aliphatic carbocycles. The zero-order valence-corrected chi connectivity index (χ0v) is 29.9. The minimum absolute atomic E-state index is 0.0427. The number of carbonyl (C=O) groups is 5. The van der Waals surface area contributed by atoms with Crippen molar-refractivity contribution in [3.8, 4) is 5.75 Å². The third kappa shape index (κ3) is 9.63. The molecule has 0 radical (unpaired) electrons. The molecule has 0 unspecified atom stereocenters. The van der Waals surface area contributed by atoms with Gasteiger partial charge in [0, 0.05) is 35.3 Å². The number of benzene rings is 1. The molecular formula is C40H47NO10. The molecule has 6 N–H and O–H groups in total. The lowest BCUT2D eigenvalue weighted by molar-refractivity contribution is -0.119. The predicted molar refractivity (Wildman–Crippen MR) is 193 cm³/mol. The first-order chi connectivity index (χ1) is 23.9. The van der Waals surface area contributed by atoms with Crippen LogP contribution in [0.15, 0.2) is 83.2 Å². The van der Waals surface area contributed by atoms with Crippen molar-refractivity contribution in [3.63, 3.8) is 0 Å². The van der Waals surface area contributed by atoms with Crippen LogP contribution in [0, 0.1) is 24.7 Å². The van der Waals surface area contributed by atoms with E-state index >= 15 is 0 Å². The summed E-state index contributed by atoms with van der Waals surface area (Å²) in [5, 5.41) is 56.5. The highest BCUT2D eigenvalue weighted by Crippen LogP contribution is 2.37. The lowest BCUT2D eigenvalue weighted by Crippen LogP contribution is -2.36. The average molecular weight is 702 g/mol. The number of aliphatic hydroxyl groups excluding tert-OH is 4. The number of aromatic hydroxyl groups is 1. The molecule has 11 nitrogen and oxygen atoms in total. The lowest BCUT2D eigenvalue weighted by atomic mass is 9.82. The number of hydrogen-bond donors (Lipinski definition) is 6. The molecule has 0 aromatic heterocycles. The number of Topliss-reactive ketones (excluding diaryl/α,β-unsaturated/α-hetero) is 4. The number of nitrogens with one attached hydrogen (secondary N) is 1. The van der Waals surface area contributed by atoms with Gasteiger partial charge in [-0.05, 0) is 56.9 Å². The molecule has 1 aromatic rings. The van der Waals surface area contributed by atoms with E-state index in [0.717, 1.165) is 0 Å². The van der Waals surface area contributed by atoms with E-state index in [-0.39, 0.29) is 40.9 Å². The Bertz CT molecular complexity index is 1820. The molecule has 0 saturated carbocycles. The van der Waals surface area contributed by atoms with Gasteiger partial charge in [-0.2, -0.15) is 0 Å². The minimum Gasteiger partial charge on any atom is -0.507 e. The fourth-order valence-electron chi connectivity index (χ4n) is 5.64. The number of carbonyl (C=O) groups excluding carboxylic acids is 5. The molecule has 0 spiro atoms. The zero-order chi connectivity index (χ0) is 38.3. The van der Waals surface area contributed by atoms with Crippen molar-refractivity contribution in [2.75, 3.05) is 0 Å². The van der Waals surface area contributed by atoms with Crippen LogP contribution in [0.1, 0.15) is 86.2 Å². The summed E-state index contributed by atoms with van der Waals surface area (Å²) < 4.78 is 0. The third-order valence-electron chi connectivity index (χ3n) is 9.14. The summed E-state index contributed by atoms with van der Waals surface area (Å²) in [7, 11) is 0. The van der Waals surface area contributed by atoms with Gasteiger partial charge in [0.05, 0.1) is 29.4 Å². The van der Waals surface area contributed by atoms with Crippen LogP contribution in [0.2, 0.25) is 0 Å². The van der Waals surface area contributed by atoms with E-state index in [1.54, 1.807) is 58.1 Å². The Morgan fingerprint density at radius 3 is 2.04 bits per heavy atom. The largest absolute Gasteiger partial charge is 0.507 e. The molecule has 2 heterocycles. The molecule has 4 rings (SSSR count). The fourth-order valence-corrected chi connectivity index (χ4v) is 5.64. The average Bonchev–Trinajstić information content (AvgIpc) is 3.09. The highest BCUT2D eigenvalue weighted by atomic mass is 16.3.